The van der Waals surface area contributed by atoms with Crippen LogP contribution in [0, 0.1) is 5.82 Å². The van der Waals surface area contributed by atoms with Crippen LogP contribution in [0.4, 0.5) is 10.3 Å². The standard InChI is InChI=1S/C16H15FN6O/c17-12-2-3-14-20-13(11-23(14)10-12)15(24)21-6-8-22(9-7-21)16-18-4-1-5-19-16/h1-5,10-11H,6-9H2. The van der Waals surface area contributed by atoms with Crippen molar-refractivity contribution in [3.63, 3.8) is 0 Å². The lowest BCUT2D eigenvalue weighted by Gasteiger charge is -2.34. The predicted octanol–water partition coefficient (Wildman–Crippen LogP) is 1.23. The molecule has 0 saturated carbocycles. The monoisotopic (exact) mass is 326 g/mol. The van der Waals surface area contributed by atoms with E-state index in [2.05, 4.69) is 15.0 Å². The molecule has 0 N–H and O–H groups in total. The number of pyridine rings is 1. The lowest BCUT2D eigenvalue weighted by molar-refractivity contribution is 0.0741. The number of hydrogen-bond donors (Lipinski definition) is 0. The zero-order chi connectivity index (χ0) is 16.5. The lowest BCUT2D eigenvalue weighted by atomic mass is 10.3. The van der Waals surface area contributed by atoms with Crippen molar-refractivity contribution in [2.24, 2.45) is 0 Å². The number of nitrogens with zero attached hydrogens (tertiary/aromatic N) is 6. The maximum atomic E-state index is 13.2. The first-order chi connectivity index (χ1) is 11.7. The van der Waals surface area contributed by atoms with Crippen molar-refractivity contribution in [3.05, 3.63) is 54.5 Å². The van der Waals surface area contributed by atoms with Crippen LogP contribution in [0.1, 0.15) is 10.5 Å². The van der Waals surface area contributed by atoms with Gasteiger partial charge in [-0.25, -0.2) is 19.3 Å². The van der Waals surface area contributed by atoms with Gasteiger partial charge in [0.1, 0.15) is 17.2 Å². The Bertz CT molecular complexity index is 873. The molecular formula is C16H15FN6O. The van der Waals surface area contributed by atoms with Gasteiger partial charge >= 0.3 is 0 Å². The number of anilines is 1. The molecule has 0 atom stereocenters. The van der Waals surface area contributed by atoms with Crippen LogP contribution in [0.25, 0.3) is 5.65 Å². The summed E-state index contributed by atoms with van der Waals surface area (Å²) in [5.74, 6) is 0.163. The van der Waals surface area contributed by atoms with E-state index in [1.165, 1.54) is 16.7 Å². The van der Waals surface area contributed by atoms with Crippen LogP contribution in [0.3, 0.4) is 0 Å². The molecule has 0 radical (unpaired) electrons. The van der Waals surface area contributed by atoms with Crippen molar-refractivity contribution in [2.45, 2.75) is 0 Å². The Balaban J connectivity index is 1.47. The van der Waals surface area contributed by atoms with E-state index < -0.39 is 0 Å². The van der Waals surface area contributed by atoms with Crippen LogP contribution in [0.2, 0.25) is 0 Å². The minimum absolute atomic E-state index is 0.146. The van der Waals surface area contributed by atoms with E-state index >= 15 is 0 Å². The van der Waals surface area contributed by atoms with E-state index in [4.69, 9.17) is 0 Å². The van der Waals surface area contributed by atoms with Gasteiger partial charge in [-0.2, -0.15) is 0 Å². The molecule has 1 saturated heterocycles. The van der Waals surface area contributed by atoms with E-state index in [0.717, 1.165) is 0 Å². The molecule has 0 aliphatic carbocycles. The molecule has 4 heterocycles. The smallest absolute Gasteiger partial charge is 0.274 e. The topological polar surface area (TPSA) is 66.6 Å². The summed E-state index contributed by atoms with van der Waals surface area (Å²) in [5.41, 5.74) is 0.876. The highest BCUT2D eigenvalue weighted by atomic mass is 19.1. The summed E-state index contributed by atoms with van der Waals surface area (Å²) >= 11 is 0. The second kappa shape index (κ2) is 5.88. The fourth-order valence-corrected chi connectivity index (χ4v) is 2.79. The number of imidazole rings is 1. The third-order valence-electron chi connectivity index (χ3n) is 4.04. The van der Waals surface area contributed by atoms with Crippen LogP contribution in [0.5, 0.6) is 0 Å². The summed E-state index contributed by atoms with van der Waals surface area (Å²) in [6, 6.07) is 4.65. The number of piperazine rings is 1. The summed E-state index contributed by atoms with van der Waals surface area (Å²) in [7, 11) is 0. The number of aromatic nitrogens is 4. The molecule has 0 aromatic carbocycles. The van der Waals surface area contributed by atoms with Crippen molar-refractivity contribution in [1.82, 2.24) is 24.3 Å². The van der Waals surface area contributed by atoms with Crippen molar-refractivity contribution in [3.8, 4) is 0 Å². The maximum absolute atomic E-state index is 13.2. The molecule has 3 aromatic heterocycles. The van der Waals surface area contributed by atoms with E-state index in [1.807, 2.05) is 4.90 Å². The van der Waals surface area contributed by atoms with Crippen molar-refractivity contribution < 1.29 is 9.18 Å². The highest BCUT2D eigenvalue weighted by molar-refractivity contribution is 5.93. The maximum Gasteiger partial charge on any atom is 0.274 e. The quantitative estimate of drug-likeness (QED) is 0.708. The molecule has 3 aromatic rings. The fourth-order valence-electron chi connectivity index (χ4n) is 2.79. The average molecular weight is 326 g/mol. The van der Waals surface area contributed by atoms with E-state index in [0.29, 0.717) is 43.5 Å². The minimum Gasteiger partial charge on any atom is -0.337 e. The molecule has 24 heavy (non-hydrogen) atoms. The molecule has 122 valence electrons. The molecule has 7 nitrogen and oxygen atoms in total. The second-order valence-corrected chi connectivity index (χ2v) is 5.57. The summed E-state index contributed by atoms with van der Waals surface area (Å²) in [4.78, 5) is 29.1. The van der Waals surface area contributed by atoms with E-state index in [9.17, 15) is 9.18 Å². The zero-order valence-corrected chi connectivity index (χ0v) is 12.8. The number of amides is 1. The van der Waals surface area contributed by atoms with Gasteiger partial charge in [0.25, 0.3) is 5.91 Å². The van der Waals surface area contributed by atoms with Crippen LogP contribution in [-0.2, 0) is 0 Å². The Hall–Kier alpha value is -3.03. The number of halogens is 1. The van der Waals surface area contributed by atoms with Gasteiger partial charge in [-0.3, -0.25) is 4.79 Å². The number of carbonyl (C=O) groups is 1. The third-order valence-corrected chi connectivity index (χ3v) is 4.04. The van der Waals surface area contributed by atoms with Gasteiger partial charge < -0.3 is 14.2 Å². The summed E-state index contributed by atoms with van der Waals surface area (Å²) in [6.07, 6.45) is 6.28. The van der Waals surface area contributed by atoms with Gasteiger partial charge in [-0.15, -0.1) is 0 Å². The van der Waals surface area contributed by atoms with Crippen LogP contribution in [-0.4, -0.2) is 56.3 Å². The molecule has 1 amide bonds. The Morgan fingerprint density at radius 2 is 1.79 bits per heavy atom. The van der Waals surface area contributed by atoms with Gasteiger partial charge in [-0.05, 0) is 18.2 Å². The molecule has 0 spiro atoms. The highest BCUT2D eigenvalue weighted by Gasteiger charge is 2.24. The normalized spacial score (nSPS) is 15.0. The number of rotatable bonds is 2. The molecule has 8 heteroatoms. The first-order valence-electron chi connectivity index (χ1n) is 7.66. The second-order valence-electron chi connectivity index (χ2n) is 5.57. The highest BCUT2D eigenvalue weighted by Crippen LogP contribution is 2.13. The molecule has 1 fully saturated rings. The van der Waals surface area contributed by atoms with Gasteiger partial charge in [0.05, 0.1) is 0 Å². The minimum atomic E-state index is -0.365. The van der Waals surface area contributed by atoms with Crippen molar-refractivity contribution >= 4 is 17.5 Å². The summed E-state index contributed by atoms with van der Waals surface area (Å²) < 4.78 is 14.8. The van der Waals surface area contributed by atoms with Crippen LogP contribution < -0.4 is 4.90 Å². The molecule has 0 unspecified atom stereocenters. The Labute approximate surface area is 137 Å². The average Bonchev–Trinajstić information content (AvgIpc) is 3.05. The van der Waals surface area contributed by atoms with Gasteiger partial charge in [0.2, 0.25) is 5.95 Å². The zero-order valence-electron chi connectivity index (χ0n) is 12.8. The Morgan fingerprint density at radius 1 is 1.04 bits per heavy atom. The number of fused-ring (bicyclic) bond motifs is 1. The molecule has 1 aliphatic heterocycles. The predicted molar refractivity (Wildman–Crippen MR) is 85.3 cm³/mol. The first-order valence-corrected chi connectivity index (χ1v) is 7.66. The fraction of sp³-hybridized carbons (Fsp3) is 0.250. The van der Waals surface area contributed by atoms with E-state index in [1.54, 1.807) is 35.6 Å². The number of carbonyl (C=O) groups excluding carboxylic acids is 1. The molecule has 4 rings (SSSR count). The van der Waals surface area contributed by atoms with Crippen LogP contribution >= 0.6 is 0 Å². The Morgan fingerprint density at radius 3 is 2.54 bits per heavy atom. The number of hydrogen-bond acceptors (Lipinski definition) is 5. The van der Waals surface area contributed by atoms with Crippen molar-refractivity contribution in [2.75, 3.05) is 31.1 Å². The van der Waals surface area contributed by atoms with Gasteiger partial charge in [0, 0.05) is 51.0 Å². The molecule has 1 aliphatic rings. The molecule has 0 bridgehead atoms. The van der Waals surface area contributed by atoms with E-state index in [-0.39, 0.29) is 11.7 Å². The Kier molecular flexibility index (Phi) is 3.56. The van der Waals surface area contributed by atoms with Gasteiger partial charge in [0.15, 0.2) is 0 Å². The summed E-state index contributed by atoms with van der Waals surface area (Å²) in [5, 5.41) is 0. The SMILES string of the molecule is O=C(c1cn2cc(F)ccc2n1)N1CCN(c2ncccn2)CC1. The van der Waals surface area contributed by atoms with Gasteiger partial charge in [-0.1, -0.05) is 0 Å². The first kappa shape index (κ1) is 14.6. The third kappa shape index (κ3) is 2.66. The van der Waals surface area contributed by atoms with Crippen molar-refractivity contribution in [1.29, 1.82) is 0 Å². The lowest BCUT2D eigenvalue weighted by Crippen LogP contribution is -2.49. The molecular weight excluding hydrogens is 311 g/mol. The van der Waals surface area contributed by atoms with Crippen LogP contribution in [0.15, 0.2) is 43.0 Å². The largest absolute Gasteiger partial charge is 0.337 e. The summed E-state index contributed by atoms with van der Waals surface area (Å²) in [6.45, 7) is 2.47.